The van der Waals surface area contributed by atoms with E-state index in [9.17, 15) is 18.3 Å². The molecule has 0 aromatic rings. The molecular formula is C8H15NO5S. The number of carbonyl (C=O) groups is 1. The second kappa shape index (κ2) is 4.36. The first-order chi connectivity index (χ1) is 6.87. The Morgan fingerprint density at radius 1 is 1.53 bits per heavy atom. The summed E-state index contributed by atoms with van der Waals surface area (Å²) in [4.78, 5) is 12.4. The fourth-order valence-electron chi connectivity index (χ4n) is 1.54. The lowest BCUT2D eigenvalue weighted by molar-refractivity contribution is 0.0683. The van der Waals surface area contributed by atoms with Crippen LogP contribution in [0.5, 0.6) is 0 Å². The number of carbonyl (C=O) groups excluding carboxylic acids is 1. The summed E-state index contributed by atoms with van der Waals surface area (Å²) in [7, 11) is -1.81. The van der Waals surface area contributed by atoms with Crippen molar-refractivity contribution in [2.75, 3.05) is 25.2 Å². The highest BCUT2D eigenvalue weighted by molar-refractivity contribution is 7.91. The second-order valence-corrected chi connectivity index (χ2v) is 5.68. The standard InChI is InChI=1S/C8H15NO5S/c1-3-14-8(11)9(2)6-4-15(12,13)5-7(6)10/h6-7,10H,3-5H2,1-2H3/t6-,7-/m1/s1. The van der Waals surface area contributed by atoms with Crippen LogP contribution in [0.4, 0.5) is 4.79 Å². The molecule has 0 aromatic heterocycles. The number of hydrogen-bond acceptors (Lipinski definition) is 5. The fourth-order valence-corrected chi connectivity index (χ4v) is 3.39. The van der Waals surface area contributed by atoms with Crippen molar-refractivity contribution in [1.82, 2.24) is 4.90 Å². The third kappa shape index (κ3) is 2.82. The lowest BCUT2D eigenvalue weighted by atomic mass is 10.2. The van der Waals surface area contributed by atoms with Gasteiger partial charge in [0.15, 0.2) is 9.84 Å². The summed E-state index contributed by atoms with van der Waals surface area (Å²) in [6, 6.07) is -0.700. The van der Waals surface area contributed by atoms with Gasteiger partial charge in [0.25, 0.3) is 0 Å². The van der Waals surface area contributed by atoms with Crippen LogP contribution in [0.15, 0.2) is 0 Å². The topological polar surface area (TPSA) is 83.9 Å². The van der Waals surface area contributed by atoms with Crippen LogP contribution in [-0.4, -0.2) is 61.8 Å². The van der Waals surface area contributed by atoms with Crippen molar-refractivity contribution in [1.29, 1.82) is 0 Å². The molecule has 0 aromatic carbocycles. The summed E-state index contributed by atoms with van der Waals surface area (Å²) in [5.41, 5.74) is 0. The van der Waals surface area contributed by atoms with Gasteiger partial charge in [-0.3, -0.25) is 0 Å². The zero-order chi connectivity index (χ0) is 11.6. The van der Waals surface area contributed by atoms with Gasteiger partial charge in [0.05, 0.1) is 30.3 Å². The van der Waals surface area contributed by atoms with E-state index >= 15 is 0 Å². The molecule has 0 radical (unpaired) electrons. The van der Waals surface area contributed by atoms with Crippen molar-refractivity contribution in [3.05, 3.63) is 0 Å². The van der Waals surface area contributed by atoms with Crippen molar-refractivity contribution < 1.29 is 23.1 Å². The molecule has 1 fully saturated rings. The monoisotopic (exact) mass is 237 g/mol. The molecular weight excluding hydrogens is 222 g/mol. The average Bonchev–Trinajstić information content (AvgIpc) is 2.39. The third-order valence-electron chi connectivity index (χ3n) is 2.35. The number of amides is 1. The zero-order valence-electron chi connectivity index (χ0n) is 8.71. The van der Waals surface area contributed by atoms with Crippen LogP contribution >= 0.6 is 0 Å². The van der Waals surface area contributed by atoms with Crippen molar-refractivity contribution in [2.24, 2.45) is 0 Å². The predicted molar refractivity (Wildman–Crippen MR) is 53.2 cm³/mol. The van der Waals surface area contributed by atoms with Gasteiger partial charge in [-0.1, -0.05) is 0 Å². The van der Waals surface area contributed by atoms with Gasteiger partial charge in [-0.25, -0.2) is 13.2 Å². The number of aliphatic hydroxyl groups excluding tert-OH is 1. The van der Waals surface area contributed by atoms with Crippen LogP contribution in [-0.2, 0) is 14.6 Å². The van der Waals surface area contributed by atoms with Gasteiger partial charge >= 0.3 is 6.09 Å². The van der Waals surface area contributed by atoms with E-state index in [0.717, 1.165) is 4.90 Å². The molecule has 0 saturated carbocycles. The maximum atomic E-state index is 11.3. The van der Waals surface area contributed by atoms with Crippen molar-refractivity contribution >= 4 is 15.9 Å². The Labute approximate surface area is 88.7 Å². The minimum atomic E-state index is -3.24. The quantitative estimate of drug-likeness (QED) is 0.682. The Morgan fingerprint density at radius 3 is 2.53 bits per heavy atom. The fraction of sp³-hybridized carbons (Fsp3) is 0.875. The minimum absolute atomic E-state index is 0.205. The Morgan fingerprint density at radius 2 is 2.13 bits per heavy atom. The molecule has 0 spiro atoms. The Hall–Kier alpha value is -0.820. The summed E-state index contributed by atoms with van der Waals surface area (Å²) >= 11 is 0. The first-order valence-corrected chi connectivity index (χ1v) is 6.47. The number of likely N-dealkylation sites (N-methyl/N-ethyl adjacent to an activating group) is 1. The molecule has 88 valence electrons. The SMILES string of the molecule is CCOC(=O)N(C)[C@@H]1CS(=O)(=O)C[C@H]1O. The zero-order valence-corrected chi connectivity index (χ0v) is 9.53. The summed E-state index contributed by atoms with van der Waals surface area (Å²) in [6.45, 7) is 1.88. The lowest BCUT2D eigenvalue weighted by Gasteiger charge is -2.24. The largest absolute Gasteiger partial charge is 0.450 e. The molecule has 0 aliphatic carbocycles. The van der Waals surface area contributed by atoms with Gasteiger partial charge in [0.2, 0.25) is 0 Å². The van der Waals surface area contributed by atoms with Crippen LogP contribution in [0.2, 0.25) is 0 Å². The highest BCUT2D eigenvalue weighted by Gasteiger charge is 2.40. The number of hydrogen-bond donors (Lipinski definition) is 1. The van der Waals surface area contributed by atoms with E-state index in [-0.39, 0.29) is 18.1 Å². The van der Waals surface area contributed by atoms with Gasteiger partial charge in [-0.05, 0) is 6.92 Å². The smallest absolute Gasteiger partial charge is 0.409 e. The van der Waals surface area contributed by atoms with E-state index in [0.29, 0.717) is 0 Å². The lowest BCUT2D eigenvalue weighted by Crippen LogP contribution is -2.44. The van der Waals surface area contributed by atoms with Crippen molar-refractivity contribution in [3.8, 4) is 0 Å². The minimum Gasteiger partial charge on any atom is -0.450 e. The number of sulfone groups is 1. The Bertz CT molecular complexity index is 339. The first-order valence-electron chi connectivity index (χ1n) is 4.65. The maximum absolute atomic E-state index is 11.3. The van der Waals surface area contributed by atoms with Gasteiger partial charge < -0.3 is 14.7 Å². The number of rotatable bonds is 2. The van der Waals surface area contributed by atoms with Gasteiger partial charge in [-0.2, -0.15) is 0 Å². The molecule has 6 nitrogen and oxygen atoms in total. The van der Waals surface area contributed by atoms with Crippen molar-refractivity contribution in [2.45, 2.75) is 19.1 Å². The van der Waals surface area contributed by atoms with Gasteiger partial charge in [0, 0.05) is 7.05 Å². The van der Waals surface area contributed by atoms with Crippen LogP contribution < -0.4 is 0 Å². The Balaban J connectivity index is 2.69. The molecule has 1 saturated heterocycles. The normalized spacial score (nSPS) is 28.7. The molecule has 15 heavy (non-hydrogen) atoms. The van der Waals surface area contributed by atoms with Crippen LogP contribution in [0.25, 0.3) is 0 Å². The summed E-state index contributed by atoms with van der Waals surface area (Å²) < 4.78 is 27.1. The van der Waals surface area contributed by atoms with E-state index in [1.54, 1.807) is 6.92 Å². The van der Waals surface area contributed by atoms with E-state index in [4.69, 9.17) is 4.74 Å². The van der Waals surface area contributed by atoms with E-state index in [1.165, 1.54) is 7.05 Å². The van der Waals surface area contributed by atoms with Crippen LogP contribution in [0, 0.1) is 0 Å². The third-order valence-corrected chi connectivity index (χ3v) is 4.05. The predicted octanol–water partition coefficient (Wildman–Crippen LogP) is -0.767. The molecule has 1 N–H and O–H groups in total. The van der Waals surface area contributed by atoms with E-state index < -0.39 is 28.1 Å². The van der Waals surface area contributed by atoms with Crippen LogP contribution in [0.3, 0.4) is 0 Å². The highest BCUT2D eigenvalue weighted by Crippen LogP contribution is 2.17. The first kappa shape index (κ1) is 12.3. The molecule has 0 unspecified atom stereocenters. The summed E-state index contributed by atoms with van der Waals surface area (Å²) in [6.07, 6.45) is -1.64. The van der Waals surface area contributed by atoms with Crippen molar-refractivity contribution in [3.63, 3.8) is 0 Å². The molecule has 1 heterocycles. The van der Waals surface area contributed by atoms with E-state index in [2.05, 4.69) is 0 Å². The molecule has 1 aliphatic heterocycles. The number of ether oxygens (including phenoxy) is 1. The molecule has 1 aliphatic rings. The summed E-state index contributed by atoms with van der Waals surface area (Å²) in [5, 5.41) is 9.48. The second-order valence-electron chi connectivity index (χ2n) is 3.52. The summed E-state index contributed by atoms with van der Waals surface area (Å²) in [5.74, 6) is -0.495. The van der Waals surface area contributed by atoms with Gasteiger partial charge in [-0.15, -0.1) is 0 Å². The number of nitrogens with zero attached hydrogens (tertiary/aromatic N) is 1. The maximum Gasteiger partial charge on any atom is 0.409 e. The molecule has 7 heteroatoms. The average molecular weight is 237 g/mol. The number of aliphatic hydroxyl groups is 1. The van der Waals surface area contributed by atoms with Crippen LogP contribution in [0.1, 0.15) is 6.92 Å². The van der Waals surface area contributed by atoms with E-state index in [1.807, 2.05) is 0 Å². The van der Waals surface area contributed by atoms with Gasteiger partial charge in [0.1, 0.15) is 0 Å². The highest BCUT2D eigenvalue weighted by atomic mass is 32.2. The molecule has 1 amide bonds. The molecule has 2 atom stereocenters. The molecule has 0 bridgehead atoms. The molecule has 1 rings (SSSR count). The Kier molecular flexibility index (Phi) is 3.56.